The molecule has 3 nitrogen and oxygen atoms in total. The lowest BCUT2D eigenvalue weighted by Gasteiger charge is -2.13. The Morgan fingerprint density at radius 3 is 2.71 bits per heavy atom. The SMILES string of the molecule is CCC1(CNC(=O)c2ccc(C)c(N)c2)CC1. The lowest BCUT2D eigenvalue weighted by Crippen LogP contribution is -2.30. The van der Waals surface area contributed by atoms with Crippen LogP contribution in [0.5, 0.6) is 0 Å². The monoisotopic (exact) mass is 232 g/mol. The van der Waals surface area contributed by atoms with Gasteiger partial charge in [-0.2, -0.15) is 0 Å². The van der Waals surface area contributed by atoms with Crippen LogP contribution in [0.15, 0.2) is 18.2 Å². The van der Waals surface area contributed by atoms with E-state index < -0.39 is 0 Å². The Morgan fingerprint density at radius 1 is 1.47 bits per heavy atom. The molecule has 0 atom stereocenters. The van der Waals surface area contributed by atoms with Crippen LogP contribution >= 0.6 is 0 Å². The highest BCUT2D eigenvalue weighted by atomic mass is 16.1. The van der Waals surface area contributed by atoms with E-state index >= 15 is 0 Å². The molecule has 92 valence electrons. The highest BCUT2D eigenvalue weighted by molar-refractivity contribution is 5.95. The normalized spacial score (nSPS) is 16.6. The van der Waals surface area contributed by atoms with Crippen molar-refractivity contribution in [1.82, 2.24) is 5.32 Å². The lowest BCUT2D eigenvalue weighted by atomic mass is 10.0. The van der Waals surface area contributed by atoms with Gasteiger partial charge in [0.2, 0.25) is 0 Å². The van der Waals surface area contributed by atoms with Gasteiger partial charge in [-0.3, -0.25) is 4.79 Å². The van der Waals surface area contributed by atoms with Gasteiger partial charge in [0.1, 0.15) is 0 Å². The first-order chi connectivity index (χ1) is 8.06. The molecule has 1 aromatic carbocycles. The molecule has 0 saturated heterocycles. The zero-order valence-corrected chi connectivity index (χ0v) is 10.5. The van der Waals surface area contributed by atoms with Crippen LogP contribution in [0.25, 0.3) is 0 Å². The minimum absolute atomic E-state index is 0.0172. The van der Waals surface area contributed by atoms with Crippen molar-refractivity contribution in [3.63, 3.8) is 0 Å². The summed E-state index contributed by atoms with van der Waals surface area (Å²) in [5.41, 5.74) is 8.52. The van der Waals surface area contributed by atoms with Gasteiger partial charge in [0.05, 0.1) is 0 Å². The molecule has 1 saturated carbocycles. The van der Waals surface area contributed by atoms with Gasteiger partial charge in [-0.15, -0.1) is 0 Å². The van der Waals surface area contributed by atoms with Crippen molar-refractivity contribution < 1.29 is 4.79 Å². The summed E-state index contributed by atoms with van der Waals surface area (Å²) in [6.07, 6.45) is 3.61. The Morgan fingerprint density at radius 2 is 2.18 bits per heavy atom. The zero-order chi connectivity index (χ0) is 12.5. The molecule has 0 aromatic heterocycles. The number of amides is 1. The average Bonchev–Trinajstić information content (AvgIpc) is 3.10. The molecule has 0 spiro atoms. The first kappa shape index (κ1) is 12.0. The summed E-state index contributed by atoms with van der Waals surface area (Å²) in [7, 11) is 0. The summed E-state index contributed by atoms with van der Waals surface area (Å²) in [4.78, 5) is 11.9. The molecule has 3 N–H and O–H groups in total. The van der Waals surface area contributed by atoms with Gasteiger partial charge in [-0.1, -0.05) is 13.0 Å². The van der Waals surface area contributed by atoms with E-state index in [9.17, 15) is 4.79 Å². The van der Waals surface area contributed by atoms with Crippen molar-refractivity contribution in [3.05, 3.63) is 29.3 Å². The van der Waals surface area contributed by atoms with Gasteiger partial charge in [0.25, 0.3) is 5.91 Å². The van der Waals surface area contributed by atoms with Crippen LogP contribution in [0.1, 0.15) is 42.1 Å². The van der Waals surface area contributed by atoms with Crippen molar-refractivity contribution >= 4 is 11.6 Å². The molecule has 0 heterocycles. The third-order valence-corrected chi connectivity index (χ3v) is 3.87. The molecule has 17 heavy (non-hydrogen) atoms. The minimum Gasteiger partial charge on any atom is -0.398 e. The van der Waals surface area contributed by atoms with E-state index in [1.807, 2.05) is 19.1 Å². The number of aryl methyl sites for hydroxylation is 1. The predicted molar refractivity (Wildman–Crippen MR) is 69.9 cm³/mol. The molecule has 1 fully saturated rings. The van der Waals surface area contributed by atoms with Crippen molar-refractivity contribution in [1.29, 1.82) is 0 Å². The Bertz CT molecular complexity index is 436. The van der Waals surface area contributed by atoms with E-state index in [2.05, 4.69) is 12.2 Å². The molecule has 2 rings (SSSR count). The van der Waals surface area contributed by atoms with E-state index in [0.29, 0.717) is 16.7 Å². The summed E-state index contributed by atoms with van der Waals surface area (Å²) in [6, 6.07) is 5.46. The molecular weight excluding hydrogens is 212 g/mol. The molecule has 0 aliphatic heterocycles. The second kappa shape index (κ2) is 4.40. The second-order valence-electron chi connectivity index (χ2n) is 5.11. The maximum absolute atomic E-state index is 11.9. The number of carbonyl (C=O) groups excluding carboxylic acids is 1. The summed E-state index contributed by atoms with van der Waals surface area (Å²) in [6.45, 7) is 4.91. The Kier molecular flexibility index (Phi) is 3.09. The molecule has 1 amide bonds. The summed E-state index contributed by atoms with van der Waals surface area (Å²) in [5, 5.41) is 3.00. The zero-order valence-electron chi connectivity index (χ0n) is 10.5. The second-order valence-corrected chi connectivity index (χ2v) is 5.11. The van der Waals surface area contributed by atoms with Crippen LogP contribution < -0.4 is 11.1 Å². The summed E-state index contributed by atoms with van der Waals surface area (Å²) in [5.74, 6) is -0.0172. The van der Waals surface area contributed by atoms with Crippen molar-refractivity contribution in [3.8, 4) is 0 Å². The smallest absolute Gasteiger partial charge is 0.251 e. The molecular formula is C14H20N2O. The fraction of sp³-hybridized carbons (Fsp3) is 0.500. The van der Waals surface area contributed by atoms with Crippen molar-refractivity contribution in [2.24, 2.45) is 5.41 Å². The van der Waals surface area contributed by atoms with Crippen LogP contribution in [-0.2, 0) is 0 Å². The number of carbonyl (C=O) groups is 1. The van der Waals surface area contributed by atoms with Gasteiger partial charge >= 0.3 is 0 Å². The molecule has 1 aliphatic rings. The van der Waals surface area contributed by atoms with Gasteiger partial charge in [-0.25, -0.2) is 0 Å². The topological polar surface area (TPSA) is 55.1 Å². The quantitative estimate of drug-likeness (QED) is 0.784. The molecule has 3 heteroatoms. The molecule has 1 aromatic rings. The number of hydrogen-bond acceptors (Lipinski definition) is 2. The minimum atomic E-state index is -0.0172. The first-order valence-corrected chi connectivity index (χ1v) is 6.21. The molecule has 0 bridgehead atoms. The number of nitrogens with two attached hydrogens (primary N) is 1. The van der Waals surface area contributed by atoms with E-state index in [4.69, 9.17) is 5.73 Å². The number of nitrogen functional groups attached to an aromatic ring is 1. The maximum atomic E-state index is 11.9. The average molecular weight is 232 g/mol. The number of benzene rings is 1. The van der Waals surface area contributed by atoms with E-state index in [1.54, 1.807) is 6.07 Å². The highest BCUT2D eigenvalue weighted by Gasteiger charge is 2.40. The molecule has 0 unspecified atom stereocenters. The Labute approximate surface area is 102 Å². The highest BCUT2D eigenvalue weighted by Crippen LogP contribution is 2.47. The van der Waals surface area contributed by atoms with Crippen LogP contribution in [0.3, 0.4) is 0 Å². The van der Waals surface area contributed by atoms with Gasteiger partial charge in [0.15, 0.2) is 0 Å². The van der Waals surface area contributed by atoms with Crippen molar-refractivity contribution in [2.45, 2.75) is 33.1 Å². The van der Waals surface area contributed by atoms with Crippen LogP contribution in [0.4, 0.5) is 5.69 Å². The standard InChI is InChI=1S/C14H20N2O/c1-3-14(6-7-14)9-16-13(17)11-5-4-10(2)12(15)8-11/h4-5,8H,3,6-7,9,15H2,1-2H3,(H,16,17). The maximum Gasteiger partial charge on any atom is 0.251 e. The van der Waals surface area contributed by atoms with Crippen LogP contribution in [-0.4, -0.2) is 12.5 Å². The first-order valence-electron chi connectivity index (χ1n) is 6.21. The Hall–Kier alpha value is -1.51. The molecule has 0 radical (unpaired) electrons. The van der Waals surface area contributed by atoms with E-state index in [-0.39, 0.29) is 5.91 Å². The third-order valence-electron chi connectivity index (χ3n) is 3.87. The van der Waals surface area contributed by atoms with Gasteiger partial charge in [0, 0.05) is 17.8 Å². The summed E-state index contributed by atoms with van der Waals surface area (Å²) < 4.78 is 0. The number of hydrogen-bond donors (Lipinski definition) is 2. The van der Waals surface area contributed by atoms with Gasteiger partial charge in [-0.05, 0) is 49.3 Å². The number of rotatable bonds is 4. The fourth-order valence-corrected chi connectivity index (χ4v) is 1.98. The number of anilines is 1. The van der Waals surface area contributed by atoms with Crippen LogP contribution in [0, 0.1) is 12.3 Å². The lowest BCUT2D eigenvalue weighted by molar-refractivity contribution is 0.0944. The summed E-state index contributed by atoms with van der Waals surface area (Å²) >= 11 is 0. The number of nitrogens with one attached hydrogen (secondary N) is 1. The third kappa shape index (κ3) is 2.60. The molecule has 1 aliphatic carbocycles. The predicted octanol–water partition coefficient (Wildman–Crippen LogP) is 2.50. The van der Waals surface area contributed by atoms with E-state index in [0.717, 1.165) is 18.5 Å². The largest absolute Gasteiger partial charge is 0.398 e. The van der Waals surface area contributed by atoms with E-state index in [1.165, 1.54) is 12.8 Å². The van der Waals surface area contributed by atoms with Crippen molar-refractivity contribution in [2.75, 3.05) is 12.3 Å². The Balaban J connectivity index is 1.97. The fourth-order valence-electron chi connectivity index (χ4n) is 1.98. The van der Waals surface area contributed by atoms with Gasteiger partial charge < -0.3 is 11.1 Å². The van der Waals surface area contributed by atoms with Crippen LogP contribution in [0.2, 0.25) is 0 Å².